The Morgan fingerprint density at radius 3 is 2.91 bits per heavy atom. The molecule has 1 aliphatic heterocycles. The van der Waals surface area contributed by atoms with E-state index in [1.54, 1.807) is 22.9 Å². The minimum atomic E-state index is -0.486. The first kappa shape index (κ1) is 13.6. The highest BCUT2D eigenvalue weighted by Gasteiger charge is 2.27. The number of halogens is 1. The van der Waals surface area contributed by atoms with Gasteiger partial charge < -0.3 is 5.11 Å². The summed E-state index contributed by atoms with van der Waals surface area (Å²) in [5, 5.41) is 12.0. The molecule has 0 bridgehead atoms. The van der Waals surface area contributed by atoms with Crippen LogP contribution in [0.15, 0.2) is 41.5 Å². The Bertz CT molecular complexity index is 1100. The number of aromatic nitrogens is 2. The van der Waals surface area contributed by atoms with Crippen molar-refractivity contribution in [1.82, 2.24) is 9.55 Å². The fraction of sp³-hybridized carbons (Fsp3) is 0.118. The molecule has 0 saturated heterocycles. The highest BCUT2D eigenvalue weighted by molar-refractivity contribution is 6.24. The van der Waals surface area contributed by atoms with Crippen molar-refractivity contribution in [3.63, 3.8) is 0 Å². The van der Waals surface area contributed by atoms with Gasteiger partial charge in [0, 0.05) is 23.3 Å². The molecule has 0 spiro atoms. The summed E-state index contributed by atoms with van der Waals surface area (Å²) in [4.78, 5) is 20.6. The third-order valence-corrected chi connectivity index (χ3v) is 4.02. The third kappa shape index (κ3) is 1.81. The second kappa shape index (κ2) is 4.74. The summed E-state index contributed by atoms with van der Waals surface area (Å²) in [5.74, 6) is -1.00. The number of rotatable bonds is 2. The molecule has 0 saturated carbocycles. The lowest BCUT2D eigenvalue weighted by atomic mass is 10.0. The van der Waals surface area contributed by atoms with Crippen LogP contribution in [-0.4, -0.2) is 20.6 Å². The molecule has 2 aromatic heterocycles. The van der Waals surface area contributed by atoms with E-state index in [2.05, 4.69) is 9.98 Å². The maximum absolute atomic E-state index is 13.6. The number of amides is 1. The summed E-state index contributed by atoms with van der Waals surface area (Å²) in [7, 11) is 0. The summed E-state index contributed by atoms with van der Waals surface area (Å²) >= 11 is 0. The molecule has 0 aliphatic carbocycles. The lowest BCUT2D eigenvalue weighted by Gasteiger charge is -2.02. The number of hydrogen-bond donors (Lipinski definition) is 1. The molecule has 1 N–H and O–H groups in total. The van der Waals surface area contributed by atoms with Crippen LogP contribution in [0.2, 0.25) is 0 Å². The number of benzene rings is 1. The van der Waals surface area contributed by atoms with Gasteiger partial charge in [-0.15, -0.1) is 0 Å². The Kier molecular flexibility index (Phi) is 2.81. The molecule has 3 aromatic rings. The largest absolute Gasteiger partial charge is 0.494 e. The van der Waals surface area contributed by atoms with Gasteiger partial charge in [0.05, 0.1) is 16.5 Å². The summed E-state index contributed by atoms with van der Waals surface area (Å²) < 4.78 is 15.2. The molecule has 0 fully saturated rings. The SMILES string of the molecule is CCn1c(O)c(C2=c3cc(F)ccc3=NC2=O)c2cccnc21. The summed E-state index contributed by atoms with van der Waals surface area (Å²) in [5.41, 5.74) is 1.14. The number of hydrogen-bond acceptors (Lipinski definition) is 3. The number of pyridine rings is 1. The van der Waals surface area contributed by atoms with E-state index >= 15 is 0 Å². The number of aromatic hydroxyl groups is 1. The Morgan fingerprint density at radius 2 is 2.13 bits per heavy atom. The quantitative estimate of drug-likeness (QED) is 0.775. The standard InChI is InChI=1S/C17H12FN3O2/c1-2-21-15-10(4-3-7-19-15)14(17(21)23)13-11-8-9(18)5-6-12(11)20-16(13)22/h3-8,23H,2H2,1H3. The van der Waals surface area contributed by atoms with Crippen LogP contribution in [0.3, 0.4) is 0 Å². The highest BCUT2D eigenvalue weighted by atomic mass is 19.1. The maximum Gasteiger partial charge on any atom is 0.279 e. The fourth-order valence-corrected chi connectivity index (χ4v) is 3.04. The van der Waals surface area contributed by atoms with Crippen molar-refractivity contribution in [3.8, 4) is 5.88 Å². The molecular formula is C17H12FN3O2. The molecular weight excluding hydrogens is 297 g/mol. The van der Waals surface area contributed by atoms with Gasteiger partial charge >= 0.3 is 0 Å². The van der Waals surface area contributed by atoms with E-state index in [4.69, 9.17) is 0 Å². The minimum Gasteiger partial charge on any atom is -0.494 e. The van der Waals surface area contributed by atoms with Gasteiger partial charge in [-0.2, -0.15) is 0 Å². The molecule has 1 aromatic carbocycles. The minimum absolute atomic E-state index is 0.0585. The fourth-order valence-electron chi connectivity index (χ4n) is 3.04. The number of carbonyl (C=O) groups is 1. The van der Waals surface area contributed by atoms with Gasteiger partial charge in [0.15, 0.2) is 0 Å². The monoisotopic (exact) mass is 309 g/mol. The first-order chi connectivity index (χ1) is 11.1. The van der Waals surface area contributed by atoms with Crippen LogP contribution in [-0.2, 0) is 11.3 Å². The second-order valence-corrected chi connectivity index (χ2v) is 5.27. The van der Waals surface area contributed by atoms with Gasteiger partial charge in [-0.3, -0.25) is 9.36 Å². The average Bonchev–Trinajstić information content (AvgIpc) is 3.00. The second-order valence-electron chi connectivity index (χ2n) is 5.27. The van der Waals surface area contributed by atoms with Gasteiger partial charge in [-0.05, 0) is 37.3 Å². The van der Waals surface area contributed by atoms with Gasteiger partial charge in [-0.25, -0.2) is 14.4 Å². The third-order valence-electron chi connectivity index (χ3n) is 4.02. The molecule has 23 heavy (non-hydrogen) atoms. The zero-order chi connectivity index (χ0) is 16.1. The van der Waals surface area contributed by atoms with Gasteiger partial charge in [-0.1, -0.05) is 0 Å². The van der Waals surface area contributed by atoms with E-state index in [1.165, 1.54) is 18.2 Å². The highest BCUT2D eigenvalue weighted by Crippen LogP contribution is 2.35. The normalized spacial score (nSPS) is 13.5. The summed E-state index contributed by atoms with van der Waals surface area (Å²) in [6, 6.07) is 7.50. The van der Waals surface area contributed by atoms with E-state index in [1.807, 2.05) is 6.92 Å². The van der Waals surface area contributed by atoms with Crippen LogP contribution in [0.5, 0.6) is 5.88 Å². The summed E-state index contributed by atoms with van der Waals surface area (Å²) in [6.07, 6.45) is 1.62. The van der Waals surface area contributed by atoms with Crippen molar-refractivity contribution in [1.29, 1.82) is 0 Å². The number of aryl methyl sites for hydroxylation is 1. The first-order valence-electron chi connectivity index (χ1n) is 7.21. The topological polar surface area (TPSA) is 67.5 Å². The van der Waals surface area contributed by atoms with Crippen molar-refractivity contribution < 1.29 is 14.3 Å². The molecule has 114 valence electrons. The van der Waals surface area contributed by atoms with Crippen LogP contribution in [0.25, 0.3) is 16.6 Å². The number of fused-ring (bicyclic) bond motifs is 2. The van der Waals surface area contributed by atoms with Crippen molar-refractivity contribution in [2.45, 2.75) is 13.5 Å². The summed E-state index contributed by atoms with van der Waals surface area (Å²) in [6.45, 7) is 2.37. The van der Waals surface area contributed by atoms with Crippen LogP contribution < -0.4 is 10.6 Å². The molecule has 5 nitrogen and oxygen atoms in total. The molecule has 3 heterocycles. The Morgan fingerprint density at radius 1 is 1.30 bits per heavy atom. The zero-order valence-corrected chi connectivity index (χ0v) is 12.2. The van der Waals surface area contributed by atoms with Crippen LogP contribution in [0.4, 0.5) is 4.39 Å². The Hall–Kier alpha value is -3.02. The van der Waals surface area contributed by atoms with E-state index < -0.39 is 11.7 Å². The van der Waals surface area contributed by atoms with Crippen LogP contribution in [0.1, 0.15) is 12.5 Å². The molecule has 4 rings (SSSR count). The average molecular weight is 309 g/mol. The van der Waals surface area contributed by atoms with Crippen molar-refractivity contribution in [2.24, 2.45) is 4.99 Å². The van der Waals surface area contributed by atoms with Crippen LogP contribution in [0, 0.1) is 5.82 Å². The van der Waals surface area contributed by atoms with Crippen molar-refractivity contribution in [3.05, 3.63) is 58.5 Å². The molecule has 1 aliphatic rings. The number of nitrogens with zero attached hydrogens (tertiary/aromatic N) is 3. The van der Waals surface area contributed by atoms with Gasteiger partial charge in [0.25, 0.3) is 5.91 Å². The lowest BCUT2D eigenvalue weighted by Crippen LogP contribution is -2.23. The Balaban J connectivity index is 2.20. The lowest BCUT2D eigenvalue weighted by molar-refractivity contribution is -0.112. The van der Waals surface area contributed by atoms with Gasteiger partial charge in [0.2, 0.25) is 5.88 Å². The smallest absolute Gasteiger partial charge is 0.279 e. The van der Waals surface area contributed by atoms with Crippen molar-refractivity contribution in [2.75, 3.05) is 0 Å². The molecule has 0 atom stereocenters. The molecule has 6 heteroatoms. The first-order valence-corrected chi connectivity index (χ1v) is 7.21. The molecule has 0 radical (unpaired) electrons. The maximum atomic E-state index is 13.6. The van der Waals surface area contributed by atoms with Crippen molar-refractivity contribution >= 4 is 22.5 Å². The van der Waals surface area contributed by atoms with Crippen LogP contribution >= 0.6 is 0 Å². The molecule has 1 amide bonds. The van der Waals surface area contributed by atoms with E-state index in [-0.39, 0.29) is 11.5 Å². The van der Waals surface area contributed by atoms with E-state index in [0.717, 1.165) is 0 Å². The Labute approximate surface area is 130 Å². The zero-order valence-electron chi connectivity index (χ0n) is 12.2. The van der Waals surface area contributed by atoms with Gasteiger partial charge in [0.1, 0.15) is 11.5 Å². The van der Waals surface area contributed by atoms with E-state index in [0.29, 0.717) is 33.7 Å². The predicted molar refractivity (Wildman–Crippen MR) is 81.8 cm³/mol. The predicted octanol–water partition coefficient (Wildman–Crippen LogP) is 1.26. The number of carbonyl (C=O) groups excluding carboxylic acids is 1. The molecule has 0 unspecified atom stereocenters. The van der Waals surface area contributed by atoms with E-state index in [9.17, 15) is 14.3 Å².